The van der Waals surface area contributed by atoms with E-state index >= 15 is 0 Å². The fraction of sp³-hybridized carbons (Fsp3) is 0.318. The molecule has 1 N–H and O–H groups in total. The lowest BCUT2D eigenvalue weighted by molar-refractivity contribution is -0.347. The van der Waals surface area contributed by atoms with Crippen LogP contribution in [0.15, 0.2) is 64.5 Å². The van der Waals surface area contributed by atoms with E-state index in [-0.39, 0.29) is 0 Å². The Bertz CT molecular complexity index is 1050. The van der Waals surface area contributed by atoms with E-state index in [0.29, 0.717) is 9.79 Å². The van der Waals surface area contributed by atoms with Gasteiger partial charge in [0, 0.05) is 19.2 Å². The van der Waals surface area contributed by atoms with Crippen LogP contribution in [-0.4, -0.2) is 21.5 Å². The van der Waals surface area contributed by atoms with Crippen LogP contribution < -0.4 is 9.88 Å². The van der Waals surface area contributed by atoms with Gasteiger partial charge in [-0.15, -0.1) is 0 Å². The largest absolute Gasteiger partial charge is 0.370 e. The Kier molecular flexibility index (Phi) is 4.87. The topological polar surface area (TPSA) is 51.5 Å². The summed E-state index contributed by atoms with van der Waals surface area (Å²) in [6, 6.07) is 14.9. The molecule has 0 saturated carbocycles. The monoisotopic (exact) mass is 381 g/mol. The summed E-state index contributed by atoms with van der Waals surface area (Å²) in [6.07, 6.45) is 6.26. The van der Waals surface area contributed by atoms with Crippen molar-refractivity contribution in [2.24, 2.45) is 0 Å². The third-order valence-corrected chi connectivity index (χ3v) is 7.07. The molecule has 1 aromatic heterocycles. The minimum absolute atomic E-state index is 0.335. The number of nitrogens with one attached hydrogen (secondary N) is 1. The van der Waals surface area contributed by atoms with Gasteiger partial charge in [-0.25, -0.2) is 13.4 Å². The highest BCUT2D eigenvalue weighted by atomic mass is 32.2. The third-order valence-electron chi connectivity index (χ3n) is 5.29. The maximum Gasteiger partial charge on any atom is 0.214 e. The number of aromatic amines is 1. The molecule has 5 heteroatoms. The van der Waals surface area contributed by atoms with Gasteiger partial charge >= 0.3 is 0 Å². The van der Waals surface area contributed by atoms with Gasteiger partial charge in [0.25, 0.3) is 0 Å². The van der Waals surface area contributed by atoms with E-state index in [1.165, 1.54) is 12.8 Å². The lowest BCUT2D eigenvalue weighted by atomic mass is 10.1. The molecular formula is C22H25N2O2S+. The van der Waals surface area contributed by atoms with Crippen molar-refractivity contribution in [1.29, 1.82) is 0 Å². The van der Waals surface area contributed by atoms with Crippen LogP contribution in [-0.2, 0) is 9.84 Å². The molecule has 0 unspecified atom stereocenters. The molecule has 2 heterocycles. The minimum Gasteiger partial charge on any atom is -0.370 e. The van der Waals surface area contributed by atoms with Crippen molar-refractivity contribution < 1.29 is 13.4 Å². The summed E-state index contributed by atoms with van der Waals surface area (Å²) in [6.45, 7) is 3.83. The highest BCUT2D eigenvalue weighted by Crippen LogP contribution is 2.36. The molecule has 3 aromatic rings. The Morgan fingerprint density at radius 2 is 1.63 bits per heavy atom. The number of aromatic nitrogens is 1. The molecule has 2 aromatic carbocycles. The van der Waals surface area contributed by atoms with Gasteiger partial charge in [-0.05, 0) is 43.5 Å². The van der Waals surface area contributed by atoms with Gasteiger partial charge in [-0.3, -0.25) is 0 Å². The maximum absolute atomic E-state index is 13.5. The predicted molar refractivity (Wildman–Crippen MR) is 108 cm³/mol. The van der Waals surface area contributed by atoms with Gasteiger partial charge in [0.15, 0.2) is 11.1 Å². The molecule has 0 radical (unpaired) electrons. The molecule has 0 atom stereocenters. The van der Waals surface area contributed by atoms with Crippen LogP contribution in [0.3, 0.4) is 0 Å². The van der Waals surface area contributed by atoms with Crippen molar-refractivity contribution in [1.82, 2.24) is 0 Å². The van der Waals surface area contributed by atoms with E-state index in [2.05, 4.69) is 22.0 Å². The second-order valence-electron chi connectivity index (χ2n) is 7.27. The third kappa shape index (κ3) is 3.44. The smallest absolute Gasteiger partial charge is 0.214 e. The molecule has 0 aliphatic carbocycles. The first kappa shape index (κ1) is 18.0. The van der Waals surface area contributed by atoms with Crippen LogP contribution in [0, 0.1) is 6.92 Å². The zero-order valence-electron chi connectivity index (χ0n) is 15.6. The quantitative estimate of drug-likeness (QED) is 0.684. The van der Waals surface area contributed by atoms with Gasteiger partial charge in [0.1, 0.15) is 0 Å². The van der Waals surface area contributed by atoms with Crippen LogP contribution in [0.4, 0.5) is 5.69 Å². The van der Waals surface area contributed by atoms with E-state index in [0.717, 1.165) is 48.1 Å². The number of hydrogen-bond acceptors (Lipinski definition) is 3. The minimum atomic E-state index is -3.61. The molecule has 0 bridgehead atoms. The summed E-state index contributed by atoms with van der Waals surface area (Å²) in [5.41, 5.74) is 2.94. The molecule has 0 spiro atoms. The molecule has 1 aliphatic rings. The average molecular weight is 382 g/mol. The van der Waals surface area contributed by atoms with Crippen LogP contribution in [0.25, 0.3) is 10.9 Å². The Morgan fingerprint density at radius 3 is 2.33 bits per heavy atom. The summed E-state index contributed by atoms with van der Waals surface area (Å²) < 4.78 is 26.9. The van der Waals surface area contributed by atoms with Crippen molar-refractivity contribution >= 4 is 26.4 Å². The summed E-state index contributed by atoms with van der Waals surface area (Å²) in [7, 11) is -3.61. The summed E-state index contributed by atoms with van der Waals surface area (Å²) in [4.78, 5) is 6.19. The number of nitrogens with zero attached hydrogens (tertiary/aromatic N) is 1. The van der Waals surface area contributed by atoms with Gasteiger partial charge in [0.05, 0.1) is 16.0 Å². The lowest BCUT2D eigenvalue weighted by Gasteiger charge is -2.25. The van der Waals surface area contributed by atoms with Gasteiger partial charge in [-0.2, -0.15) is 0 Å². The first-order valence-electron chi connectivity index (χ1n) is 9.57. The summed E-state index contributed by atoms with van der Waals surface area (Å²) in [5.74, 6) is 0. The molecule has 1 saturated heterocycles. The van der Waals surface area contributed by atoms with Gasteiger partial charge < -0.3 is 4.90 Å². The highest BCUT2D eigenvalue weighted by molar-refractivity contribution is 7.91. The predicted octanol–water partition coefficient (Wildman–Crippen LogP) is 4.18. The number of H-pyrrole nitrogens is 1. The van der Waals surface area contributed by atoms with Crippen LogP contribution in [0.2, 0.25) is 0 Å². The summed E-state index contributed by atoms with van der Waals surface area (Å²) >= 11 is 0. The molecule has 1 fully saturated rings. The Morgan fingerprint density at radius 1 is 0.926 bits per heavy atom. The molecule has 27 heavy (non-hydrogen) atoms. The normalized spacial score (nSPS) is 15.7. The van der Waals surface area contributed by atoms with Crippen molar-refractivity contribution in [2.45, 2.75) is 42.4 Å². The number of hydrogen-bond donors (Lipinski definition) is 0. The molecule has 4 nitrogen and oxygen atoms in total. The van der Waals surface area contributed by atoms with Crippen molar-refractivity contribution in [2.75, 3.05) is 18.0 Å². The van der Waals surface area contributed by atoms with Crippen LogP contribution >= 0.6 is 0 Å². The number of benzene rings is 2. The number of aryl methyl sites for hydroxylation is 1. The van der Waals surface area contributed by atoms with Crippen molar-refractivity contribution in [3.63, 3.8) is 0 Å². The summed E-state index contributed by atoms with van der Waals surface area (Å²) in [5, 5.41) is 0.980. The van der Waals surface area contributed by atoms with Crippen molar-refractivity contribution in [3.8, 4) is 0 Å². The van der Waals surface area contributed by atoms with Crippen LogP contribution in [0.5, 0.6) is 0 Å². The molecule has 140 valence electrons. The Balaban J connectivity index is 1.98. The number of pyridine rings is 1. The van der Waals surface area contributed by atoms with E-state index in [1.807, 2.05) is 19.1 Å². The Hall–Kier alpha value is -2.40. The van der Waals surface area contributed by atoms with E-state index in [1.54, 1.807) is 30.5 Å². The van der Waals surface area contributed by atoms with E-state index in [9.17, 15) is 8.42 Å². The Labute approximate surface area is 160 Å². The zero-order valence-corrected chi connectivity index (χ0v) is 16.4. The number of rotatable bonds is 3. The van der Waals surface area contributed by atoms with Gasteiger partial charge in [-0.1, -0.05) is 37.1 Å². The highest BCUT2D eigenvalue weighted by Gasteiger charge is 2.29. The standard InChI is InChI=1S/C22H24N2O2S/c1-17-11-12-20-19(15-17)22(24-13-7-2-3-8-14-24)21(16-23-20)27(25,26)18-9-5-4-6-10-18/h4-6,9-12,15-16H,2-3,7-8,13-14H2,1H3/p+1. The maximum atomic E-state index is 13.5. The number of sulfone groups is 1. The lowest BCUT2D eigenvalue weighted by Crippen LogP contribution is -2.27. The fourth-order valence-corrected chi connectivity index (χ4v) is 5.35. The molecule has 4 rings (SSSR count). The van der Waals surface area contributed by atoms with Gasteiger partial charge in [0.2, 0.25) is 15.4 Å². The SMILES string of the molecule is Cc1ccc2[nH+]cc(S(=O)(=O)c3ccccc3)c(N3CCCCCC3)c2c1. The molecule has 0 amide bonds. The molecular weight excluding hydrogens is 356 g/mol. The number of anilines is 1. The zero-order chi connectivity index (χ0) is 18.9. The van der Waals surface area contributed by atoms with Crippen molar-refractivity contribution in [3.05, 3.63) is 60.3 Å². The second-order valence-corrected chi connectivity index (χ2v) is 9.19. The average Bonchev–Trinajstić information content (AvgIpc) is 2.97. The number of fused-ring (bicyclic) bond motifs is 1. The first-order valence-corrected chi connectivity index (χ1v) is 11.1. The second kappa shape index (κ2) is 7.31. The fourth-order valence-electron chi connectivity index (χ4n) is 3.88. The molecule has 1 aliphatic heterocycles. The van der Waals surface area contributed by atoms with E-state index in [4.69, 9.17) is 0 Å². The first-order chi connectivity index (χ1) is 13.1. The van der Waals surface area contributed by atoms with Crippen LogP contribution in [0.1, 0.15) is 31.2 Å². The van der Waals surface area contributed by atoms with E-state index < -0.39 is 9.84 Å².